The van der Waals surface area contributed by atoms with Crippen LogP contribution in [0.15, 0.2) is 57.6 Å². The summed E-state index contributed by atoms with van der Waals surface area (Å²) in [6.07, 6.45) is 2.37. The van der Waals surface area contributed by atoms with Crippen LogP contribution in [0.4, 0.5) is 0 Å². The van der Waals surface area contributed by atoms with Crippen molar-refractivity contribution in [2.75, 3.05) is 7.11 Å². The molecule has 0 amide bonds. The Morgan fingerprint density at radius 1 is 1.15 bits per heavy atom. The summed E-state index contributed by atoms with van der Waals surface area (Å²) in [5.41, 5.74) is 6.25. The van der Waals surface area contributed by atoms with Crippen molar-refractivity contribution in [2.45, 2.75) is 20.3 Å². The second-order valence-corrected chi connectivity index (χ2v) is 7.09. The highest BCUT2D eigenvalue weighted by molar-refractivity contribution is 9.10. The van der Waals surface area contributed by atoms with Gasteiger partial charge in [0.2, 0.25) is 0 Å². The van der Waals surface area contributed by atoms with Gasteiger partial charge in [-0.1, -0.05) is 18.2 Å². The van der Waals surface area contributed by atoms with Crippen LogP contribution in [0.5, 0.6) is 5.75 Å². The summed E-state index contributed by atoms with van der Waals surface area (Å²) in [5.74, 6) is 1.64. The molecule has 4 nitrogen and oxygen atoms in total. The highest BCUT2D eigenvalue weighted by atomic mass is 79.9. The van der Waals surface area contributed by atoms with E-state index in [2.05, 4.69) is 46.3 Å². The molecule has 0 aliphatic rings. The molecule has 0 aliphatic carbocycles. The van der Waals surface area contributed by atoms with Gasteiger partial charge in [0.25, 0.3) is 0 Å². The lowest BCUT2D eigenvalue weighted by molar-refractivity contribution is 0.410. The lowest BCUT2D eigenvalue weighted by atomic mass is 10.1. The Labute approximate surface area is 160 Å². The van der Waals surface area contributed by atoms with Gasteiger partial charge < -0.3 is 9.15 Å². The normalized spacial score (nSPS) is 11.2. The van der Waals surface area contributed by atoms with Crippen molar-refractivity contribution in [1.82, 2.24) is 9.38 Å². The van der Waals surface area contributed by atoms with Crippen molar-refractivity contribution in [3.05, 3.63) is 75.7 Å². The van der Waals surface area contributed by atoms with Crippen molar-refractivity contribution < 1.29 is 9.15 Å². The van der Waals surface area contributed by atoms with Gasteiger partial charge in [-0.25, -0.2) is 4.98 Å². The number of para-hydroxylation sites is 1. The zero-order valence-corrected chi connectivity index (χ0v) is 16.5. The zero-order chi connectivity index (χ0) is 18.3. The van der Waals surface area contributed by atoms with Crippen LogP contribution < -0.4 is 4.74 Å². The molecule has 0 saturated carbocycles. The number of benzene rings is 1. The van der Waals surface area contributed by atoms with Gasteiger partial charge in [-0.15, -0.1) is 0 Å². The predicted octanol–water partition coefficient (Wildman–Crippen LogP) is 5.57. The third-order valence-corrected chi connectivity index (χ3v) is 5.85. The zero-order valence-electron chi connectivity index (χ0n) is 14.9. The molecule has 0 aliphatic heterocycles. The number of rotatable bonds is 4. The fraction of sp³-hybridized carbons (Fsp3) is 0.190. The van der Waals surface area contributed by atoms with E-state index in [0.717, 1.165) is 49.8 Å². The largest absolute Gasteiger partial charge is 0.496 e. The van der Waals surface area contributed by atoms with E-state index in [9.17, 15) is 0 Å². The number of ether oxygens (including phenoxy) is 1. The first kappa shape index (κ1) is 16.9. The van der Waals surface area contributed by atoms with Crippen LogP contribution in [0.25, 0.3) is 17.1 Å². The molecule has 4 aromatic rings. The Balaban J connectivity index is 1.99. The minimum atomic E-state index is 0.692. The lowest BCUT2D eigenvalue weighted by Gasteiger charge is -2.12. The van der Waals surface area contributed by atoms with E-state index in [1.165, 1.54) is 0 Å². The van der Waals surface area contributed by atoms with Gasteiger partial charge in [0.1, 0.15) is 17.1 Å². The number of pyridine rings is 1. The van der Waals surface area contributed by atoms with Crippen molar-refractivity contribution >= 4 is 21.6 Å². The number of hydrogen-bond donors (Lipinski definition) is 0. The van der Waals surface area contributed by atoms with Crippen molar-refractivity contribution in [2.24, 2.45) is 0 Å². The Kier molecular flexibility index (Phi) is 4.32. The maximum absolute atomic E-state index is 5.67. The number of nitrogens with zero attached hydrogens (tertiary/aromatic N) is 2. The number of methoxy groups -OCH3 is 1. The second kappa shape index (κ2) is 6.65. The molecule has 132 valence electrons. The van der Waals surface area contributed by atoms with Crippen molar-refractivity contribution in [3.8, 4) is 17.2 Å². The molecule has 0 radical (unpaired) electrons. The maximum atomic E-state index is 5.67. The third kappa shape index (κ3) is 2.72. The molecule has 0 spiro atoms. The first-order valence-corrected chi connectivity index (χ1v) is 9.22. The molecular weight excluding hydrogens is 392 g/mol. The van der Waals surface area contributed by atoms with E-state index in [1.807, 2.05) is 30.3 Å². The maximum Gasteiger partial charge on any atom is 0.154 e. The van der Waals surface area contributed by atoms with Crippen LogP contribution >= 0.6 is 15.9 Å². The molecule has 3 aromatic heterocycles. The topological polar surface area (TPSA) is 39.7 Å². The number of imidazole rings is 1. The predicted molar refractivity (Wildman–Crippen MR) is 106 cm³/mol. The summed E-state index contributed by atoms with van der Waals surface area (Å²) in [5, 5.41) is 0. The number of hydrogen-bond acceptors (Lipinski definition) is 3. The fourth-order valence-corrected chi connectivity index (χ4v) is 3.68. The van der Waals surface area contributed by atoms with Crippen LogP contribution in [0.1, 0.15) is 22.5 Å². The van der Waals surface area contributed by atoms with Gasteiger partial charge in [0.05, 0.1) is 19.1 Å². The van der Waals surface area contributed by atoms with Gasteiger partial charge >= 0.3 is 0 Å². The number of aromatic nitrogens is 2. The van der Waals surface area contributed by atoms with E-state index in [1.54, 1.807) is 13.4 Å². The smallest absolute Gasteiger partial charge is 0.154 e. The molecule has 26 heavy (non-hydrogen) atoms. The SMILES string of the molecule is COc1ccccc1Cc1c(-c2ccco2)nc2cc(C)c(Br)c(C)n12. The van der Waals surface area contributed by atoms with Gasteiger partial charge in [-0.2, -0.15) is 0 Å². The number of halogens is 1. The van der Waals surface area contributed by atoms with E-state index in [4.69, 9.17) is 14.1 Å². The molecule has 0 saturated heterocycles. The molecule has 1 aromatic carbocycles. The molecular formula is C21H19BrN2O2. The first-order valence-electron chi connectivity index (χ1n) is 8.43. The molecule has 5 heteroatoms. The Morgan fingerprint density at radius 2 is 1.96 bits per heavy atom. The van der Waals surface area contributed by atoms with Crippen molar-refractivity contribution in [3.63, 3.8) is 0 Å². The number of fused-ring (bicyclic) bond motifs is 1. The molecule has 0 bridgehead atoms. The minimum absolute atomic E-state index is 0.692. The minimum Gasteiger partial charge on any atom is -0.496 e. The molecule has 0 unspecified atom stereocenters. The van der Waals surface area contributed by atoms with Crippen molar-refractivity contribution in [1.29, 1.82) is 0 Å². The van der Waals surface area contributed by atoms with E-state index in [0.29, 0.717) is 6.42 Å². The summed E-state index contributed by atoms with van der Waals surface area (Å²) in [7, 11) is 1.70. The molecule has 0 atom stereocenters. The monoisotopic (exact) mass is 410 g/mol. The van der Waals surface area contributed by atoms with Gasteiger partial charge in [-0.3, -0.25) is 4.40 Å². The summed E-state index contributed by atoms with van der Waals surface area (Å²) in [6.45, 7) is 4.18. The standard InChI is InChI=1S/C21H19BrN2O2/c1-13-11-19-23-21(18-9-6-10-26-18)16(24(19)14(2)20(13)22)12-15-7-4-5-8-17(15)25-3/h4-11H,12H2,1-3H3. The molecule has 0 N–H and O–H groups in total. The van der Waals surface area contributed by atoms with Gasteiger partial charge in [-0.05, 0) is 59.6 Å². The highest BCUT2D eigenvalue weighted by Gasteiger charge is 2.20. The summed E-state index contributed by atoms with van der Waals surface area (Å²) < 4.78 is 14.5. The summed E-state index contributed by atoms with van der Waals surface area (Å²) in [4.78, 5) is 4.88. The van der Waals surface area contributed by atoms with Crippen LogP contribution in [-0.4, -0.2) is 16.5 Å². The number of aryl methyl sites for hydroxylation is 2. The average Bonchev–Trinajstić information content (AvgIpc) is 3.28. The van der Waals surface area contributed by atoms with Crippen LogP contribution in [0.3, 0.4) is 0 Å². The Hall–Kier alpha value is -2.53. The van der Waals surface area contributed by atoms with E-state index in [-0.39, 0.29) is 0 Å². The van der Waals surface area contributed by atoms with Gasteiger partial charge in [0.15, 0.2) is 5.76 Å². The lowest BCUT2D eigenvalue weighted by Crippen LogP contribution is -2.02. The third-order valence-electron chi connectivity index (χ3n) is 4.65. The summed E-state index contributed by atoms with van der Waals surface area (Å²) in [6, 6.07) is 14.0. The Bertz CT molecular complexity index is 1080. The first-order chi connectivity index (χ1) is 12.6. The van der Waals surface area contributed by atoms with Crippen LogP contribution in [0.2, 0.25) is 0 Å². The van der Waals surface area contributed by atoms with Gasteiger partial charge in [0, 0.05) is 22.2 Å². The van der Waals surface area contributed by atoms with Crippen LogP contribution in [-0.2, 0) is 6.42 Å². The average molecular weight is 411 g/mol. The Morgan fingerprint density at radius 3 is 2.69 bits per heavy atom. The van der Waals surface area contributed by atoms with E-state index < -0.39 is 0 Å². The molecule has 4 rings (SSSR count). The molecule has 3 heterocycles. The highest BCUT2D eigenvalue weighted by Crippen LogP contribution is 2.33. The quantitative estimate of drug-likeness (QED) is 0.441. The number of furan rings is 1. The summed E-state index contributed by atoms with van der Waals surface area (Å²) >= 11 is 3.71. The second-order valence-electron chi connectivity index (χ2n) is 6.29. The van der Waals surface area contributed by atoms with E-state index >= 15 is 0 Å². The fourth-order valence-electron chi connectivity index (χ4n) is 3.39. The molecule has 0 fully saturated rings. The van der Waals surface area contributed by atoms with Crippen LogP contribution in [0, 0.1) is 13.8 Å².